The highest BCUT2D eigenvalue weighted by Gasteiger charge is 2.39. The summed E-state index contributed by atoms with van der Waals surface area (Å²) < 4.78 is 18.3. The van der Waals surface area contributed by atoms with Gasteiger partial charge in [-0.2, -0.15) is 0 Å². The molecule has 2 N–H and O–H groups in total. The van der Waals surface area contributed by atoms with Crippen molar-refractivity contribution in [3.8, 4) is 5.75 Å². The molecule has 1 aromatic carbocycles. The van der Waals surface area contributed by atoms with Gasteiger partial charge < -0.3 is 10.5 Å². The topological polar surface area (TPSA) is 35.2 Å². The van der Waals surface area contributed by atoms with E-state index in [1.165, 1.54) is 13.2 Å². The molecule has 2 rings (SSSR count). The van der Waals surface area contributed by atoms with Gasteiger partial charge in [-0.15, -0.1) is 0 Å². The van der Waals surface area contributed by atoms with Gasteiger partial charge in [-0.25, -0.2) is 4.39 Å². The van der Waals surface area contributed by atoms with Crippen molar-refractivity contribution in [1.29, 1.82) is 0 Å². The van der Waals surface area contributed by atoms with Gasteiger partial charge in [-0.05, 0) is 36.4 Å². The molecule has 1 aliphatic carbocycles. The molecule has 2 nitrogen and oxygen atoms in total. The van der Waals surface area contributed by atoms with Crippen LogP contribution in [0.2, 0.25) is 5.02 Å². The summed E-state index contributed by atoms with van der Waals surface area (Å²) >= 11 is 5.74. The average Bonchev–Trinajstić information content (AvgIpc) is 3.00. The van der Waals surface area contributed by atoms with E-state index < -0.39 is 5.82 Å². The van der Waals surface area contributed by atoms with Crippen LogP contribution in [0.5, 0.6) is 5.75 Å². The van der Waals surface area contributed by atoms with Crippen molar-refractivity contribution in [2.45, 2.75) is 12.3 Å². The number of nitrogens with two attached hydrogens (primary N) is 1. The Hall–Kier alpha value is -0.800. The maximum atomic E-state index is 13.2. The molecule has 0 radical (unpaired) electrons. The molecule has 1 fully saturated rings. The van der Waals surface area contributed by atoms with E-state index in [0.717, 1.165) is 12.0 Å². The minimum absolute atomic E-state index is 0.147. The predicted molar refractivity (Wildman–Crippen MR) is 57.9 cm³/mol. The molecule has 1 aromatic rings. The molecule has 2 atom stereocenters. The Kier molecular flexibility index (Phi) is 2.85. The Bertz CT molecular complexity index is 383. The lowest BCUT2D eigenvalue weighted by molar-refractivity contribution is 0.405. The molecular formula is C11H13ClFNO. The second-order valence-electron chi connectivity index (χ2n) is 3.85. The summed E-state index contributed by atoms with van der Waals surface area (Å²) in [5.74, 6) is 0.989. The van der Waals surface area contributed by atoms with Crippen LogP contribution in [0.4, 0.5) is 4.39 Å². The highest BCUT2D eigenvalue weighted by Crippen LogP contribution is 2.50. The fourth-order valence-electron chi connectivity index (χ4n) is 1.90. The number of ether oxygens (including phenoxy) is 1. The molecule has 0 aromatic heterocycles. The maximum Gasteiger partial charge on any atom is 0.145 e. The average molecular weight is 230 g/mol. The van der Waals surface area contributed by atoms with Crippen LogP contribution in [0.3, 0.4) is 0 Å². The van der Waals surface area contributed by atoms with Crippen LogP contribution in [0.1, 0.15) is 17.9 Å². The Morgan fingerprint density at radius 3 is 2.87 bits per heavy atom. The van der Waals surface area contributed by atoms with E-state index in [2.05, 4.69) is 0 Å². The van der Waals surface area contributed by atoms with Crippen LogP contribution < -0.4 is 10.5 Å². The van der Waals surface area contributed by atoms with Crippen LogP contribution in [0.25, 0.3) is 0 Å². The first-order chi connectivity index (χ1) is 7.17. The summed E-state index contributed by atoms with van der Waals surface area (Å²) in [7, 11) is 1.53. The lowest BCUT2D eigenvalue weighted by Gasteiger charge is -2.09. The van der Waals surface area contributed by atoms with E-state index in [-0.39, 0.29) is 5.02 Å². The van der Waals surface area contributed by atoms with Crippen LogP contribution in [0.15, 0.2) is 12.1 Å². The lowest BCUT2D eigenvalue weighted by atomic mass is 10.1. The number of halogens is 2. The number of benzene rings is 1. The van der Waals surface area contributed by atoms with Gasteiger partial charge in [0, 0.05) is 6.07 Å². The van der Waals surface area contributed by atoms with Gasteiger partial charge in [0.15, 0.2) is 0 Å². The lowest BCUT2D eigenvalue weighted by Crippen LogP contribution is -2.02. The van der Waals surface area contributed by atoms with E-state index >= 15 is 0 Å². The third-order valence-corrected chi connectivity index (χ3v) is 3.19. The van der Waals surface area contributed by atoms with Crippen molar-refractivity contribution in [3.05, 3.63) is 28.5 Å². The Labute approximate surface area is 93.2 Å². The quantitative estimate of drug-likeness (QED) is 0.865. The molecular weight excluding hydrogens is 217 g/mol. The first-order valence-corrected chi connectivity index (χ1v) is 5.28. The summed E-state index contributed by atoms with van der Waals surface area (Å²) in [4.78, 5) is 0. The molecule has 0 amide bonds. The number of rotatable bonds is 3. The highest BCUT2D eigenvalue weighted by atomic mass is 35.5. The molecule has 0 unspecified atom stereocenters. The smallest absolute Gasteiger partial charge is 0.145 e. The van der Waals surface area contributed by atoms with Gasteiger partial charge in [0.25, 0.3) is 0 Å². The van der Waals surface area contributed by atoms with E-state index in [1.54, 1.807) is 6.07 Å². The summed E-state index contributed by atoms with van der Waals surface area (Å²) in [5.41, 5.74) is 6.54. The minimum Gasteiger partial charge on any atom is -0.496 e. The number of methoxy groups -OCH3 is 1. The van der Waals surface area contributed by atoms with E-state index in [9.17, 15) is 4.39 Å². The summed E-state index contributed by atoms with van der Waals surface area (Å²) in [6.07, 6.45) is 1.04. The Morgan fingerprint density at radius 2 is 2.33 bits per heavy atom. The van der Waals surface area contributed by atoms with Crippen molar-refractivity contribution in [2.24, 2.45) is 11.7 Å². The van der Waals surface area contributed by atoms with Crippen LogP contribution >= 0.6 is 11.6 Å². The normalized spacial score (nSPS) is 24.0. The molecule has 4 heteroatoms. The van der Waals surface area contributed by atoms with Crippen molar-refractivity contribution in [1.82, 2.24) is 0 Å². The predicted octanol–water partition coefficient (Wildman–Crippen LogP) is 2.55. The van der Waals surface area contributed by atoms with Crippen LogP contribution in [0, 0.1) is 11.7 Å². The van der Waals surface area contributed by atoms with E-state index in [1.807, 2.05) is 0 Å². The van der Waals surface area contributed by atoms with Crippen molar-refractivity contribution < 1.29 is 9.13 Å². The molecule has 1 saturated carbocycles. The Balaban J connectivity index is 2.34. The van der Waals surface area contributed by atoms with Crippen LogP contribution in [-0.4, -0.2) is 13.7 Å². The van der Waals surface area contributed by atoms with Crippen molar-refractivity contribution in [3.63, 3.8) is 0 Å². The largest absolute Gasteiger partial charge is 0.496 e. The van der Waals surface area contributed by atoms with Crippen molar-refractivity contribution in [2.75, 3.05) is 13.7 Å². The van der Waals surface area contributed by atoms with Crippen molar-refractivity contribution >= 4 is 11.6 Å². The van der Waals surface area contributed by atoms with E-state index in [0.29, 0.717) is 24.1 Å². The summed E-state index contributed by atoms with van der Waals surface area (Å²) in [6.45, 7) is 0.656. The number of hydrogen-bond donors (Lipinski definition) is 1. The molecule has 0 bridgehead atoms. The van der Waals surface area contributed by atoms with Gasteiger partial charge >= 0.3 is 0 Å². The molecule has 82 valence electrons. The minimum atomic E-state index is -0.442. The maximum absolute atomic E-state index is 13.2. The molecule has 15 heavy (non-hydrogen) atoms. The van der Waals surface area contributed by atoms with Gasteiger partial charge in [-0.1, -0.05) is 11.6 Å². The molecule has 0 spiro atoms. The molecule has 0 saturated heterocycles. The van der Waals surface area contributed by atoms with E-state index in [4.69, 9.17) is 22.1 Å². The van der Waals surface area contributed by atoms with Gasteiger partial charge in [0.2, 0.25) is 0 Å². The Morgan fingerprint density at radius 1 is 1.60 bits per heavy atom. The first-order valence-electron chi connectivity index (χ1n) is 4.90. The molecule has 0 aliphatic heterocycles. The number of hydrogen-bond acceptors (Lipinski definition) is 2. The second-order valence-corrected chi connectivity index (χ2v) is 4.25. The summed E-state index contributed by atoms with van der Waals surface area (Å²) in [6, 6.07) is 2.99. The summed E-state index contributed by atoms with van der Waals surface area (Å²) in [5, 5.41) is 0.147. The van der Waals surface area contributed by atoms with Gasteiger partial charge in [-0.3, -0.25) is 0 Å². The first kappa shape index (κ1) is 10.7. The highest BCUT2D eigenvalue weighted by molar-refractivity contribution is 6.30. The van der Waals surface area contributed by atoms with Gasteiger partial charge in [0.05, 0.1) is 12.1 Å². The van der Waals surface area contributed by atoms with Crippen LogP contribution in [-0.2, 0) is 0 Å². The molecule has 1 aliphatic rings. The fraction of sp³-hybridized carbons (Fsp3) is 0.455. The third-order valence-electron chi connectivity index (χ3n) is 2.90. The third kappa shape index (κ3) is 1.94. The monoisotopic (exact) mass is 229 g/mol. The zero-order chi connectivity index (χ0) is 11.0. The fourth-order valence-corrected chi connectivity index (χ4v) is 2.07. The SMILES string of the molecule is COc1cc(F)c(Cl)cc1[C@H]1C[C@@H]1CN. The van der Waals surface area contributed by atoms with Gasteiger partial charge in [0.1, 0.15) is 11.6 Å². The second kappa shape index (κ2) is 3.99. The molecule has 0 heterocycles. The zero-order valence-corrected chi connectivity index (χ0v) is 9.22. The standard InChI is InChI=1S/C11H13ClFNO/c1-15-11-4-10(13)9(12)3-8(11)7-2-6(7)5-14/h3-4,6-7H,2,5,14H2,1H3/t6-,7+/m1/s1. The zero-order valence-electron chi connectivity index (χ0n) is 8.47.